The average molecular weight is 557 g/mol. The van der Waals surface area contributed by atoms with E-state index < -0.39 is 6.10 Å². The zero-order valence-electron chi connectivity index (χ0n) is 23.2. The van der Waals surface area contributed by atoms with Crippen LogP contribution in [0.4, 0.5) is 5.69 Å². The SMILES string of the molecule is Cc1ccc(OC[C@@H](O)CNc2cc[nH]c(=O)c2-c2nc3cc4c(cc3[nH]2)C(=O)N([C@H]2CCN(C)C2)C4=O)c(C)c1. The maximum atomic E-state index is 13.2. The fourth-order valence-electron chi connectivity index (χ4n) is 5.63. The monoisotopic (exact) mass is 556 g/mol. The number of fused-ring (bicyclic) bond motifs is 2. The molecular formula is C30H32N6O5. The van der Waals surface area contributed by atoms with Gasteiger partial charge in [-0.1, -0.05) is 17.7 Å². The highest BCUT2D eigenvalue weighted by molar-refractivity contribution is 6.23. The lowest BCUT2D eigenvalue weighted by atomic mass is 10.1. The summed E-state index contributed by atoms with van der Waals surface area (Å²) in [5.74, 6) is 0.369. The molecule has 6 rings (SSSR count). The number of benzene rings is 2. The van der Waals surface area contributed by atoms with E-state index >= 15 is 0 Å². The summed E-state index contributed by atoms with van der Waals surface area (Å²) in [4.78, 5) is 53.2. The number of hydrogen-bond acceptors (Lipinski definition) is 8. The molecule has 2 amide bonds. The van der Waals surface area contributed by atoms with Gasteiger partial charge in [-0.05, 0) is 63.7 Å². The molecule has 0 bridgehead atoms. The van der Waals surface area contributed by atoms with E-state index in [9.17, 15) is 19.5 Å². The average Bonchev–Trinajstić information content (AvgIpc) is 3.61. The number of rotatable bonds is 8. The maximum absolute atomic E-state index is 13.2. The number of anilines is 1. The summed E-state index contributed by atoms with van der Waals surface area (Å²) in [6.45, 7) is 5.65. The Morgan fingerprint density at radius 1 is 1.12 bits per heavy atom. The number of likely N-dealkylation sites (N-methyl/N-ethyl adjacent to an activating group) is 1. The van der Waals surface area contributed by atoms with Crippen molar-refractivity contribution in [3.8, 4) is 17.1 Å². The second kappa shape index (κ2) is 10.5. The quantitative estimate of drug-likeness (QED) is 0.243. The van der Waals surface area contributed by atoms with Gasteiger partial charge < -0.3 is 30.0 Å². The molecule has 2 aromatic heterocycles. The Hall–Kier alpha value is -4.48. The number of carbonyl (C=O) groups is 2. The topological polar surface area (TPSA) is 144 Å². The van der Waals surface area contributed by atoms with Crippen molar-refractivity contribution in [2.45, 2.75) is 32.4 Å². The number of aromatic nitrogens is 3. The van der Waals surface area contributed by atoms with Gasteiger partial charge in [-0.15, -0.1) is 0 Å². The Labute approximate surface area is 236 Å². The minimum atomic E-state index is -0.846. The molecule has 0 spiro atoms. The smallest absolute Gasteiger partial charge is 0.261 e. The molecule has 4 heterocycles. The molecule has 0 radical (unpaired) electrons. The first-order chi connectivity index (χ1) is 19.7. The molecule has 2 aromatic carbocycles. The minimum Gasteiger partial charge on any atom is -0.491 e. The van der Waals surface area contributed by atoms with Gasteiger partial charge in [0, 0.05) is 19.3 Å². The van der Waals surface area contributed by atoms with Crippen LogP contribution in [0.5, 0.6) is 5.75 Å². The van der Waals surface area contributed by atoms with Gasteiger partial charge in [0.05, 0.1) is 33.9 Å². The molecule has 41 heavy (non-hydrogen) atoms. The molecule has 11 nitrogen and oxygen atoms in total. The third kappa shape index (κ3) is 4.98. The highest BCUT2D eigenvalue weighted by atomic mass is 16.5. The van der Waals surface area contributed by atoms with E-state index in [1.165, 1.54) is 11.1 Å². The molecule has 0 aliphatic carbocycles. The first-order valence-electron chi connectivity index (χ1n) is 13.6. The van der Waals surface area contributed by atoms with E-state index in [2.05, 4.69) is 25.2 Å². The van der Waals surface area contributed by atoms with Crippen LogP contribution in [0.1, 0.15) is 38.3 Å². The lowest BCUT2D eigenvalue weighted by Crippen LogP contribution is -2.41. The van der Waals surface area contributed by atoms with Crippen molar-refractivity contribution in [3.63, 3.8) is 0 Å². The fourth-order valence-corrected chi connectivity index (χ4v) is 5.63. The van der Waals surface area contributed by atoms with Crippen molar-refractivity contribution in [1.82, 2.24) is 24.8 Å². The van der Waals surface area contributed by atoms with Crippen molar-refractivity contribution in [3.05, 3.63) is 75.2 Å². The Morgan fingerprint density at radius 3 is 2.63 bits per heavy atom. The number of nitrogens with one attached hydrogen (secondary N) is 3. The molecule has 2 aliphatic rings. The van der Waals surface area contributed by atoms with Crippen LogP contribution in [-0.4, -0.2) is 87.1 Å². The minimum absolute atomic E-state index is 0.0713. The number of likely N-dealkylation sites (tertiary alicyclic amines) is 1. The molecule has 2 atom stereocenters. The zero-order valence-corrected chi connectivity index (χ0v) is 23.2. The van der Waals surface area contributed by atoms with Crippen molar-refractivity contribution >= 4 is 28.5 Å². The predicted molar refractivity (Wildman–Crippen MR) is 154 cm³/mol. The van der Waals surface area contributed by atoms with Crippen LogP contribution in [0.15, 0.2) is 47.4 Å². The first-order valence-corrected chi connectivity index (χ1v) is 13.6. The van der Waals surface area contributed by atoms with Crippen LogP contribution in [0.3, 0.4) is 0 Å². The van der Waals surface area contributed by atoms with Gasteiger partial charge in [-0.2, -0.15) is 0 Å². The third-order valence-corrected chi connectivity index (χ3v) is 7.74. The summed E-state index contributed by atoms with van der Waals surface area (Å²) in [6, 6.07) is 10.6. The second-order valence-corrected chi connectivity index (χ2v) is 10.9. The van der Waals surface area contributed by atoms with E-state index in [-0.39, 0.29) is 48.0 Å². The Kier molecular flexibility index (Phi) is 6.84. The molecule has 2 aliphatic heterocycles. The lowest BCUT2D eigenvalue weighted by Gasteiger charge is -2.21. The molecule has 1 saturated heterocycles. The van der Waals surface area contributed by atoms with Crippen molar-refractivity contribution in [1.29, 1.82) is 0 Å². The van der Waals surface area contributed by atoms with E-state index in [1.54, 1.807) is 18.2 Å². The largest absolute Gasteiger partial charge is 0.491 e. The fraction of sp³-hybridized carbons (Fsp3) is 0.333. The van der Waals surface area contributed by atoms with Crippen LogP contribution in [0.2, 0.25) is 0 Å². The van der Waals surface area contributed by atoms with Crippen LogP contribution in [-0.2, 0) is 0 Å². The number of hydrogen-bond donors (Lipinski definition) is 4. The Balaban J connectivity index is 1.21. The normalized spacial score (nSPS) is 17.9. The number of pyridine rings is 1. The van der Waals surface area contributed by atoms with Gasteiger partial charge in [-0.25, -0.2) is 4.98 Å². The molecule has 4 N–H and O–H groups in total. The zero-order chi connectivity index (χ0) is 28.8. The van der Waals surface area contributed by atoms with E-state index in [0.717, 1.165) is 24.1 Å². The predicted octanol–water partition coefficient (Wildman–Crippen LogP) is 2.69. The van der Waals surface area contributed by atoms with Gasteiger partial charge in [0.2, 0.25) is 0 Å². The number of aromatic amines is 2. The standard InChI is InChI=1S/C30H32N6O5/c1-16-4-5-25(17(2)10-16)41-15-19(37)13-32-22-6-8-31-28(38)26(22)27-33-23-11-20-21(12-24(23)34-27)30(40)36(29(20)39)18-7-9-35(3)14-18/h4-6,8,10-12,18-19,37H,7,9,13-15H2,1-3H3,(H,33,34)(H2,31,32,38)/t18-,19-/m0/s1. The lowest BCUT2D eigenvalue weighted by molar-refractivity contribution is 0.0590. The summed E-state index contributed by atoms with van der Waals surface area (Å²) in [7, 11) is 1.97. The molecule has 1 fully saturated rings. The summed E-state index contributed by atoms with van der Waals surface area (Å²) in [5.41, 5.74) is 4.12. The van der Waals surface area contributed by atoms with Gasteiger partial charge in [0.25, 0.3) is 17.4 Å². The summed E-state index contributed by atoms with van der Waals surface area (Å²) in [5, 5.41) is 13.7. The summed E-state index contributed by atoms with van der Waals surface area (Å²) >= 11 is 0. The van der Waals surface area contributed by atoms with Crippen LogP contribution in [0, 0.1) is 13.8 Å². The summed E-state index contributed by atoms with van der Waals surface area (Å²) < 4.78 is 5.78. The molecule has 212 valence electrons. The molecule has 11 heteroatoms. The van der Waals surface area contributed by atoms with Crippen molar-refractivity contribution in [2.75, 3.05) is 38.6 Å². The number of carbonyl (C=O) groups excluding carboxylic acids is 2. The van der Waals surface area contributed by atoms with Gasteiger partial charge in [-0.3, -0.25) is 19.3 Å². The number of amides is 2. The summed E-state index contributed by atoms with van der Waals surface area (Å²) in [6.07, 6.45) is 1.42. The number of aliphatic hydroxyl groups is 1. The van der Waals surface area contributed by atoms with Crippen LogP contribution in [0.25, 0.3) is 22.4 Å². The number of H-pyrrole nitrogens is 2. The number of imidazole rings is 1. The van der Waals surface area contributed by atoms with Crippen LogP contribution >= 0.6 is 0 Å². The number of aliphatic hydroxyl groups excluding tert-OH is 1. The maximum Gasteiger partial charge on any atom is 0.261 e. The van der Waals surface area contributed by atoms with Crippen molar-refractivity contribution < 1.29 is 19.4 Å². The third-order valence-electron chi connectivity index (χ3n) is 7.74. The Bertz CT molecular complexity index is 1670. The number of imide groups is 1. The van der Waals surface area contributed by atoms with Gasteiger partial charge in [0.1, 0.15) is 29.8 Å². The van der Waals surface area contributed by atoms with Gasteiger partial charge >= 0.3 is 0 Å². The van der Waals surface area contributed by atoms with Crippen LogP contribution < -0.4 is 15.6 Å². The molecular weight excluding hydrogens is 524 g/mol. The highest BCUT2D eigenvalue weighted by Gasteiger charge is 2.42. The molecule has 0 saturated carbocycles. The van der Waals surface area contributed by atoms with Crippen molar-refractivity contribution in [2.24, 2.45) is 0 Å². The highest BCUT2D eigenvalue weighted by Crippen LogP contribution is 2.32. The first kappa shape index (κ1) is 26.7. The van der Waals surface area contributed by atoms with E-state index in [0.29, 0.717) is 40.1 Å². The van der Waals surface area contributed by atoms with Gasteiger partial charge in [0.15, 0.2) is 0 Å². The number of aryl methyl sites for hydroxylation is 2. The molecule has 0 unspecified atom stereocenters. The number of ether oxygens (including phenoxy) is 1. The van der Waals surface area contributed by atoms with E-state index in [1.807, 2.05) is 39.1 Å². The molecule has 4 aromatic rings. The van der Waals surface area contributed by atoms with E-state index in [4.69, 9.17) is 4.74 Å². The number of nitrogens with zero attached hydrogens (tertiary/aromatic N) is 3. The second-order valence-electron chi connectivity index (χ2n) is 10.9. The Morgan fingerprint density at radius 2 is 1.90 bits per heavy atom.